The van der Waals surface area contributed by atoms with Gasteiger partial charge in [0.25, 0.3) is 5.91 Å². The number of rotatable bonds is 2. The molecule has 116 valence electrons. The fourth-order valence-corrected chi connectivity index (χ4v) is 3.10. The van der Waals surface area contributed by atoms with E-state index in [9.17, 15) is 9.59 Å². The Morgan fingerprint density at radius 2 is 2.00 bits per heavy atom. The highest BCUT2D eigenvalue weighted by Crippen LogP contribution is 2.35. The van der Waals surface area contributed by atoms with Crippen molar-refractivity contribution in [1.29, 1.82) is 0 Å². The third-order valence-electron chi connectivity index (χ3n) is 4.19. The van der Waals surface area contributed by atoms with Crippen LogP contribution >= 0.6 is 15.9 Å². The Morgan fingerprint density at radius 3 is 2.48 bits per heavy atom. The fourth-order valence-electron chi connectivity index (χ4n) is 2.67. The monoisotopic (exact) mass is 354 g/mol. The molecule has 1 aromatic rings. The van der Waals surface area contributed by atoms with Gasteiger partial charge in [-0.1, -0.05) is 20.8 Å². The second kappa shape index (κ2) is 5.59. The zero-order valence-corrected chi connectivity index (χ0v) is 14.9. The summed E-state index contributed by atoms with van der Waals surface area (Å²) < 4.78 is 2.77. The van der Waals surface area contributed by atoms with Gasteiger partial charge in [-0.05, 0) is 47.2 Å². The van der Waals surface area contributed by atoms with E-state index in [1.165, 1.54) is 4.90 Å². The molecule has 1 fully saturated rings. The fraction of sp³-hybridized carbons (Fsp3) is 0.625. The van der Waals surface area contributed by atoms with Crippen LogP contribution in [0, 0.1) is 11.3 Å². The Hall–Kier alpha value is -1.10. The SMILES string of the molecule is CC(C)n1cc(Br)cc1C(=O)N1CC(C(C)(C)C)CC1=O. The quantitative estimate of drug-likeness (QED) is 0.756. The maximum absolute atomic E-state index is 12.7. The van der Waals surface area contributed by atoms with Gasteiger partial charge in [0.05, 0.1) is 0 Å². The average Bonchev–Trinajstić information content (AvgIpc) is 2.91. The normalized spacial score (nSPS) is 19.7. The van der Waals surface area contributed by atoms with Crippen LogP contribution in [-0.2, 0) is 4.79 Å². The predicted octanol–water partition coefficient (Wildman–Crippen LogP) is 3.87. The third kappa shape index (κ3) is 3.23. The third-order valence-corrected chi connectivity index (χ3v) is 4.62. The van der Waals surface area contributed by atoms with Gasteiger partial charge in [-0.3, -0.25) is 14.5 Å². The summed E-state index contributed by atoms with van der Waals surface area (Å²) in [4.78, 5) is 26.4. The van der Waals surface area contributed by atoms with E-state index in [2.05, 4.69) is 36.7 Å². The van der Waals surface area contributed by atoms with E-state index >= 15 is 0 Å². The lowest BCUT2D eigenvalue weighted by Gasteiger charge is -2.26. The smallest absolute Gasteiger partial charge is 0.277 e. The summed E-state index contributed by atoms with van der Waals surface area (Å²) >= 11 is 3.41. The molecule has 1 unspecified atom stereocenters. The summed E-state index contributed by atoms with van der Waals surface area (Å²) in [6.45, 7) is 10.9. The average molecular weight is 355 g/mol. The molecule has 0 spiro atoms. The number of carbonyl (C=O) groups excluding carboxylic acids is 2. The lowest BCUT2D eigenvalue weighted by atomic mass is 9.80. The molecule has 2 rings (SSSR count). The zero-order chi connectivity index (χ0) is 15.9. The largest absolute Gasteiger partial charge is 0.340 e. The summed E-state index contributed by atoms with van der Waals surface area (Å²) in [6.07, 6.45) is 2.35. The van der Waals surface area contributed by atoms with Gasteiger partial charge in [0.2, 0.25) is 5.91 Å². The maximum atomic E-state index is 12.7. The minimum atomic E-state index is -0.189. The van der Waals surface area contributed by atoms with E-state index in [4.69, 9.17) is 0 Å². The molecule has 0 bridgehead atoms. The number of halogens is 1. The van der Waals surface area contributed by atoms with Crippen LogP contribution in [0.15, 0.2) is 16.7 Å². The van der Waals surface area contributed by atoms with Crippen molar-refractivity contribution in [1.82, 2.24) is 9.47 Å². The zero-order valence-electron chi connectivity index (χ0n) is 13.3. The molecule has 21 heavy (non-hydrogen) atoms. The first-order valence-corrected chi connectivity index (χ1v) is 8.12. The lowest BCUT2D eigenvalue weighted by Crippen LogP contribution is -2.35. The van der Waals surface area contributed by atoms with Gasteiger partial charge in [-0.15, -0.1) is 0 Å². The highest BCUT2D eigenvalue weighted by molar-refractivity contribution is 9.10. The lowest BCUT2D eigenvalue weighted by molar-refractivity contribution is -0.125. The Bertz CT molecular complexity index is 569. The number of hydrogen-bond acceptors (Lipinski definition) is 2. The minimum absolute atomic E-state index is 0.0331. The molecule has 1 aromatic heterocycles. The molecule has 1 saturated heterocycles. The number of aromatic nitrogens is 1. The Labute approximate surface area is 134 Å². The Balaban J connectivity index is 2.27. The highest BCUT2D eigenvalue weighted by Gasteiger charge is 2.40. The molecule has 0 N–H and O–H groups in total. The van der Waals surface area contributed by atoms with Gasteiger partial charge in [0.1, 0.15) is 5.69 Å². The van der Waals surface area contributed by atoms with Gasteiger partial charge in [0.15, 0.2) is 0 Å². The second-order valence-corrected chi connectivity index (χ2v) is 8.04. The molecule has 0 saturated carbocycles. The van der Waals surface area contributed by atoms with E-state index in [0.29, 0.717) is 18.7 Å². The molecule has 1 atom stereocenters. The van der Waals surface area contributed by atoms with Crippen molar-refractivity contribution in [3.8, 4) is 0 Å². The molecular weight excluding hydrogens is 332 g/mol. The van der Waals surface area contributed by atoms with E-state index in [-0.39, 0.29) is 29.2 Å². The number of nitrogens with zero attached hydrogens (tertiary/aromatic N) is 2. The van der Waals surface area contributed by atoms with E-state index in [1.54, 1.807) is 6.07 Å². The van der Waals surface area contributed by atoms with Crippen LogP contribution in [0.25, 0.3) is 0 Å². The maximum Gasteiger partial charge on any atom is 0.277 e. The number of hydrogen-bond donors (Lipinski definition) is 0. The van der Waals surface area contributed by atoms with Crippen molar-refractivity contribution < 1.29 is 9.59 Å². The van der Waals surface area contributed by atoms with Crippen LogP contribution in [-0.4, -0.2) is 27.8 Å². The standard InChI is InChI=1S/C16H23BrN2O2/c1-10(2)18-9-12(17)7-13(18)15(21)19-8-11(6-14(19)20)16(3,4)5/h7,9-11H,6,8H2,1-5H3. The van der Waals surface area contributed by atoms with Crippen molar-refractivity contribution >= 4 is 27.7 Å². The van der Waals surface area contributed by atoms with Gasteiger partial charge in [0, 0.05) is 29.7 Å². The van der Waals surface area contributed by atoms with E-state index in [1.807, 2.05) is 24.6 Å². The van der Waals surface area contributed by atoms with Crippen molar-refractivity contribution in [3.05, 3.63) is 22.4 Å². The van der Waals surface area contributed by atoms with Crippen LogP contribution in [0.4, 0.5) is 0 Å². The Morgan fingerprint density at radius 1 is 1.38 bits per heavy atom. The van der Waals surface area contributed by atoms with Crippen LogP contribution in [0.3, 0.4) is 0 Å². The summed E-state index contributed by atoms with van der Waals surface area (Å²) in [5.74, 6) is -0.0291. The van der Waals surface area contributed by atoms with Gasteiger partial charge in [-0.25, -0.2) is 0 Å². The molecule has 2 amide bonds. The van der Waals surface area contributed by atoms with Crippen molar-refractivity contribution in [2.24, 2.45) is 11.3 Å². The molecule has 5 heteroatoms. The van der Waals surface area contributed by atoms with Crippen molar-refractivity contribution in [3.63, 3.8) is 0 Å². The van der Waals surface area contributed by atoms with Gasteiger partial charge < -0.3 is 4.57 Å². The van der Waals surface area contributed by atoms with E-state index in [0.717, 1.165) is 4.47 Å². The van der Waals surface area contributed by atoms with Gasteiger partial charge >= 0.3 is 0 Å². The first-order chi connectivity index (χ1) is 9.61. The number of imide groups is 1. The number of amides is 2. The second-order valence-electron chi connectivity index (χ2n) is 7.12. The van der Waals surface area contributed by atoms with Gasteiger partial charge in [-0.2, -0.15) is 0 Å². The molecule has 1 aliphatic heterocycles. The minimum Gasteiger partial charge on any atom is -0.340 e. The summed E-state index contributed by atoms with van der Waals surface area (Å²) in [7, 11) is 0. The molecule has 1 aliphatic rings. The molecular formula is C16H23BrN2O2. The summed E-state index contributed by atoms with van der Waals surface area (Å²) in [5, 5.41) is 0. The Kier molecular flexibility index (Phi) is 4.34. The first kappa shape index (κ1) is 16.3. The summed E-state index contributed by atoms with van der Waals surface area (Å²) in [5.41, 5.74) is 0.602. The number of likely N-dealkylation sites (tertiary alicyclic amines) is 1. The molecule has 2 heterocycles. The molecule has 0 radical (unpaired) electrons. The van der Waals surface area contributed by atoms with E-state index < -0.39 is 0 Å². The van der Waals surface area contributed by atoms with Crippen LogP contribution < -0.4 is 0 Å². The molecule has 4 nitrogen and oxygen atoms in total. The summed E-state index contributed by atoms with van der Waals surface area (Å²) in [6, 6.07) is 1.96. The molecule has 0 aliphatic carbocycles. The predicted molar refractivity (Wildman–Crippen MR) is 86.1 cm³/mol. The van der Waals surface area contributed by atoms with Crippen molar-refractivity contribution in [2.75, 3.05) is 6.54 Å². The molecule has 0 aromatic carbocycles. The van der Waals surface area contributed by atoms with Crippen LogP contribution in [0.2, 0.25) is 0 Å². The topological polar surface area (TPSA) is 42.3 Å². The highest BCUT2D eigenvalue weighted by atomic mass is 79.9. The van der Waals surface area contributed by atoms with Crippen LogP contribution in [0.1, 0.15) is 57.6 Å². The number of carbonyl (C=O) groups is 2. The van der Waals surface area contributed by atoms with Crippen molar-refractivity contribution in [2.45, 2.75) is 47.1 Å². The first-order valence-electron chi connectivity index (χ1n) is 7.33. The van der Waals surface area contributed by atoms with Crippen LogP contribution in [0.5, 0.6) is 0 Å².